The Morgan fingerprint density at radius 1 is 1.19 bits per heavy atom. The average molecular weight is 312 g/mol. The summed E-state index contributed by atoms with van der Waals surface area (Å²) in [5, 5.41) is 3.40. The molecule has 5 nitrogen and oxygen atoms in total. The minimum atomic E-state index is 0. The molecule has 0 atom stereocenters. The molecule has 0 spiro atoms. The molecule has 0 unspecified atom stereocenters. The van der Waals surface area contributed by atoms with Crippen molar-refractivity contribution >= 4 is 24.0 Å². The molecule has 2 aliphatic heterocycles. The van der Waals surface area contributed by atoms with Crippen LogP contribution in [-0.4, -0.2) is 56.7 Å². The summed E-state index contributed by atoms with van der Waals surface area (Å²) in [6.07, 6.45) is 0. The maximum absolute atomic E-state index is 12.4. The smallest absolute Gasteiger partial charge is 0.242 e. The van der Waals surface area contributed by atoms with Gasteiger partial charge in [0.1, 0.15) is 0 Å². The molecular formula is C15H22ClN3O2. The van der Waals surface area contributed by atoms with Crippen molar-refractivity contribution in [3.05, 3.63) is 29.8 Å². The summed E-state index contributed by atoms with van der Waals surface area (Å²) >= 11 is 0. The second-order valence-corrected chi connectivity index (χ2v) is 5.22. The Bertz CT molecular complexity index is 478. The minimum Gasteiger partial charge on any atom is -0.378 e. The molecule has 1 aromatic carbocycles. The molecule has 1 amide bonds. The second kappa shape index (κ2) is 7.64. The Hall–Kier alpha value is -1.30. The van der Waals surface area contributed by atoms with Crippen LogP contribution < -0.4 is 10.2 Å². The van der Waals surface area contributed by atoms with Gasteiger partial charge in [0.05, 0.1) is 19.8 Å². The number of fused-ring (bicyclic) bond motifs is 1. The van der Waals surface area contributed by atoms with Gasteiger partial charge in [-0.3, -0.25) is 4.79 Å². The van der Waals surface area contributed by atoms with Crippen LogP contribution in [0.4, 0.5) is 5.69 Å². The number of carbonyl (C=O) groups is 1. The maximum atomic E-state index is 12.4. The number of nitrogens with zero attached hydrogens (tertiary/aromatic N) is 2. The number of para-hydroxylation sites is 1. The number of hydrogen-bond acceptors (Lipinski definition) is 4. The van der Waals surface area contributed by atoms with Gasteiger partial charge in [-0.15, -0.1) is 12.4 Å². The van der Waals surface area contributed by atoms with Crippen molar-refractivity contribution in [2.24, 2.45) is 0 Å². The first kappa shape index (κ1) is 16.1. The van der Waals surface area contributed by atoms with Crippen LogP contribution in [0.5, 0.6) is 0 Å². The van der Waals surface area contributed by atoms with Crippen molar-refractivity contribution in [3.63, 3.8) is 0 Å². The molecule has 1 N–H and O–H groups in total. The fraction of sp³-hybridized carbons (Fsp3) is 0.533. The summed E-state index contributed by atoms with van der Waals surface area (Å²) in [6, 6.07) is 8.32. The summed E-state index contributed by atoms with van der Waals surface area (Å²) in [6.45, 7) is 5.85. The zero-order valence-electron chi connectivity index (χ0n) is 12.1. The molecule has 2 heterocycles. The van der Waals surface area contributed by atoms with E-state index in [1.807, 2.05) is 17.0 Å². The summed E-state index contributed by atoms with van der Waals surface area (Å²) in [5.74, 6) is 0.199. The van der Waals surface area contributed by atoms with Crippen LogP contribution in [0.3, 0.4) is 0 Å². The normalized spacial score (nSPS) is 18.5. The molecule has 3 rings (SSSR count). The number of hydrogen-bond donors (Lipinski definition) is 1. The van der Waals surface area contributed by atoms with E-state index in [0.29, 0.717) is 32.8 Å². The highest BCUT2D eigenvalue weighted by Crippen LogP contribution is 2.22. The lowest BCUT2D eigenvalue weighted by Crippen LogP contribution is -2.46. The van der Waals surface area contributed by atoms with E-state index < -0.39 is 0 Å². The van der Waals surface area contributed by atoms with Gasteiger partial charge in [0.2, 0.25) is 5.91 Å². The molecule has 1 saturated heterocycles. The average Bonchev–Trinajstić information content (AvgIpc) is 2.71. The van der Waals surface area contributed by atoms with Crippen molar-refractivity contribution in [2.75, 3.05) is 50.8 Å². The summed E-state index contributed by atoms with van der Waals surface area (Å²) in [7, 11) is 0. The molecule has 0 bridgehead atoms. The van der Waals surface area contributed by atoms with E-state index in [4.69, 9.17) is 4.74 Å². The molecule has 1 aromatic rings. The number of anilines is 1. The molecular weight excluding hydrogens is 290 g/mol. The Morgan fingerprint density at radius 2 is 1.95 bits per heavy atom. The lowest BCUT2D eigenvalue weighted by molar-refractivity contribution is -0.133. The highest BCUT2D eigenvalue weighted by atomic mass is 35.5. The predicted molar refractivity (Wildman–Crippen MR) is 85.0 cm³/mol. The zero-order valence-corrected chi connectivity index (χ0v) is 12.9. The summed E-state index contributed by atoms with van der Waals surface area (Å²) in [4.78, 5) is 16.5. The minimum absolute atomic E-state index is 0. The Balaban J connectivity index is 0.00000161. The van der Waals surface area contributed by atoms with Crippen LogP contribution in [0.2, 0.25) is 0 Å². The lowest BCUT2D eigenvalue weighted by Gasteiger charge is -2.31. The second-order valence-electron chi connectivity index (χ2n) is 5.22. The van der Waals surface area contributed by atoms with Crippen molar-refractivity contribution in [1.82, 2.24) is 10.2 Å². The van der Waals surface area contributed by atoms with E-state index in [2.05, 4.69) is 22.3 Å². The number of nitrogens with one attached hydrogen (secondary N) is 1. The van der Waals surface area contributed by atoms with Crippen LogP contribution in [0.15, 0.2) is 24.3 Å². The van der Waals surface area contributed by atoms with Gasteiger partial charge in [-0.25, -0.2) is 0 Å². The Kier molecular flexibility index (Phi) is 5.85. The van der Waals surface area contributed by atoms with Gasteiger partial charge in [0.15, 0.2) is 0 Å². The maximum Gasteiger partial charge on any atom is 0.242 e. The van der Waals surface area contributed by atoms with E-state index >= 15 is 0 Å². The zero-order chi connectivity index (χ0) is 13.8. The monoisotopic (exact) mass is 311 g/mol. The third-order valence-corrected chi connectivity index (χ3v) is 3.90. The number of carbonyl (C=O) groups excluding carboxylic acids is 1. The number of halogens is 1. The van der Waals surface area contributed by atoms with Crippen LogP contribution in [0, 0.1) is 0 Å². The van der Waals surface area contributed by atoms with Gasteiger partial charge in [0.25, 0.3) is 0 Å². The number of ether oxygens (including phenoxy) is 1. The van der Waals surface area contributed by atoms with Crippen molar-refractivity contribution in [1.29, 1.82) is 0 Å². The van der Waals surface area contributed by atoms with Crippen LogP contribution in [0.1, 0.15) is 5.56 Å². The number of amides is 1. The largest absolute Gasteiger partial charge is 0.378 e. The Labute approximate surface area is 131 Å². The molecule has 2 aliphatic rings. The van der Waals surface area contributed by atoms with E-state index in [1.165, 1.54) is 11.3 Å². The third-order valence-electron chi connectivity index (χ3n) is 3.90. The van der Waals surface area contributed by atoms with E-state index in [1.54, 1.807) is 0 Å². The van der Waals surface area contributed by atoms with Crippen LogP contribution in [-0.2, 0) is 16.1 Å². The third kappa shape index (κ3) is 3.87. The van der Waals surface area contributed by atoms with Gasteiger partial charge < -0.3 is 19.9 Å². The molecule has 116 valence electrons. The van der Waals surface area contributed by atoms with E-state index in [0.717, 1.165) is 19.6 Å². The first-order chi connectivity index (χ1) is 9.84. The Morgan fingerprint density at radius 3 is 2.76 bits per heavy atom. The number of rotatable bonds is 2. The van der Waals surface area contributed by atoms with Gasteiger partial charge >= 0.3 is 0 Å². The highest BCUT2D eigenvalue weighted by Gasteiger charge is 2.22. The van der Waals surface area contributed by atoms with E-state index in [-0.39, 0.29) is 18.3 Å². The van der Waals surface area contributed by atoms with Crippen LogP contribution >= 0.6 is 12.4 Å². The van der Waals surface area contributed by atoms with Gasteiger partial charge in [-0.1, -0.05) is 18.2 Å². The van der Waals surface area contributed by atoms with Gasteiger partial charge in [-0.2, -0.15) is 0 Å². The van der Waals surface area contributed by atoms with Crippen LogP contribution in [0.25, 0.3) is 0 Å². The molecule has 1 fully saturated rings. The first-order valence-electron chi connectivity index (χ1n) is 7.24. The summed E-state index contributed by atoms with van der Waals surface area (Å²) in [5.41, 5.74) is 2.44. The molecule has 0 aliphatic carbocycles. The van der Waals surface area contributed by atoms with E-state index in [9.17, 15) is 4.79 Å². The summed E-state index contributed by atoms with van der Waals surface area (Å²) < 4.78 is 5.30. The molecule has 0 saturated carbocycles. The SMILES string of the molecule is Cl.O=C(CN1CCNCc2ccccc21)N1CCOCC1. The lowest BCUT2D eigenvalue weighted by atomic mass is 10.1. The predicted octanol–water partition coefficient (Wildman–Crippen LogP) is 0.877. The van der Waals surface area contributed by atoms with Gasteiger partial charge in [-0.05, 0) is 11.6 Å². The van der Waals surface area contributed by atoms with Gasteiger partial charge in [0, 0.05) is 38.4 Å². The molecule has 0 aromatic heterocycles. The first-order valence-corrected chi connectivity index (χ1v) is 7.24. The van der Waals surface area contributed by atoms with Crippen molar-refractivity contribution in [3.8, 4) is 0 Å². The van der Waals surface area contributed by atoms with Crippen molar-refractivity contribution in [2.45, 2.75) is 6.54 Å². The quantitative estimate of drug-likeness (QED) is 0.880. The van der Waals surface area contributed by atoms with Crippen molar-refractivity contribution < 1.29 is 9.53 Å². The molecule has 0 radical (unpaired) electrons. The molecule has 21 heavy (non-hydrogen) atoms. The fourth-order valence-corrected chi connectivity index (χ4v) is 2.77. The highest BCUT2D eigenvalue weighted by molar-refractivity contribution is 5.85. The topological polar surface area (TPSA) is 44.8 Å². The molecule has 6 heteroatoms. The standard InChI is InChI=1S/C15H21N3O2.ClH/c19-15(17-7-9-20-10-8-17)12-18-6-5-16-11-13-3-1-2-4-14(13)18;/h1-4,16H,5-12H2;1H. The number of benzene rings is 1. The number of morpholine rings is 1. The fourth-order valence-electron chi connectivity index (χ4n) is 2.77.